The summed E-state index contributed by atoms with van der Waals surface area (Å²) < 4.78 is 53.0. The van der Waals surface area contributed by atoms with Gasteiger partial charge in [-0.05, 0) is 36.2 Å². The Morgan fingerprint density at radius 2 is 1.71 bits per heavy atom. The minimum atomic E-state index is -3.95. The fourth-order valence-corrected chi connectivity index (χ4v) is 3.22. The Morgan fingerprint density at radius 1 is 1.10 bits per heavy atom. The van der Waals surface area contributed by atoms with Gasteiger partial charge in [-0.3, -0.25) is 4.72 Å². The molecule has 21 heavy (non-hydrogen) atoms. The number of halogens is 2. The first kappa shape index (κ1) is 15.4. The van der Waals surface area contributed by atoms with E-state index < -0.39 is 21.7 Å². The van der Waals surface area contributed by atoms with Crippen molar-refractivity contribution >= 4 is 15.7 Å². The molecule has 0 bridgehead atoms. The zero-order chi connectivity index (χ0) is 15.6. The van der Waals surface area contributed by atoms with Gasteiger partial charge in [0.2, 0.25) is 0 Å². The molecule has 4 nitrogen and oxygen atoms in total. The van der Waals surface area contributed by atoms with Crippen molar-refractivity contribution in [3.8, 4) is 0 Å². The number of anilines is 1. The van der Waals surface area contributed by atoms with Crippen molar-refractivity contribution in [1.82, 2.24) is 0 Å². The molecule has 2 aromatic carbocycles. The van der Waals surface area contributed by atoms with E-state index in [0.29, 0.717) is 17.2 Å². The molecule has 0 heterocycles. The maximum absolute atomic E-state index is 13.1. The lowest BCUT2D eigenvalue weighted by molar-refractivity contribution is 0.584. The van der Waals surface area contributed by atoms with E-state index >= 15 is 0 Å². The highest BCUT2D eigenvalue weighted by molar-refractivity contribution is 7.92. The summed E-state index contributed by atoms with van der Waals surface area (Å²) in [5, 5.41) is 0. The Bertz CT molecular complexity index is 756. The monoisotopic (exact) mass is 312 g/mol. The van der Waals surface area contributed by atoms with Crippen molar-refractivity contribution < 1.29 is 17.2 Å². The van der Waals surface area contributed by atoms with Gasteiger partial charge in [0.05, 0.1) is 10.6 Å². The van der Waals surface area contributed by atoms with Crippen LogP contribution in [-0.2, 0) is 16.6 Å². The van der Waals surface area contributed by atoms with E-state index in [2.05, 4.69) is 4.72 Å². The van der Waals surface area contributed by atoms with Crippen LogP contribution in [0.15, 0.2) is 41.3 Å². The number of hydrogen-bond acceptors (Lipinski definition) is 3. The highest BCUT2D eigenvalue weighted by Crippen LogP contribution is 2.22. The Balaban J connectivity index is 2.42. The zero-order valence-corrected chi connectivity index (χ0v) is 12.0. The molecule has 0 saturated carbocycles. The number of sulfonamides is 1. The van der Waals surface area contributed by atoms with Crippen molar-refractivity contribution in [3.63, 3.8) is 0 Å². The lowest BCUT2D eigenvalue weighted by Gasteiger charge is -2.12. The normalized spacial score (nSPS) is 11.4. The molecule has 2 aromatic rings. The topological polar surface area (TPSA) is 72.2 Å². The number of nitrogens with two attached hydrogens (primary N) is 1. The van der Waals surface area contributed by atoms with Crippen molar-refractivity contribution in [2.45, 2.75) is 18.4 Å². The molecule has 0 aromatic heterocycles. The van der Waals surface area contributed by atoms with E-state index in [1.807, 2.05) is 0 Å². The second-order valence-electron chi connectivity index (χ2n) is 4.57. The average molecular weight is 312 g/mol. The molecule has 0 spiro atoms. The van der Waals surface area contributed by atoms with Gasteiger partial charge < -0.3 is 5.73 Å². The molecular weight excluding hydrogens is 298 g/mol. The molecule has 0 fully saturated rings. The number of rotatable bonds is 4. The first-order valence-corrected chi connectivity index (χ1v) is 7.58. The predicted octanol–water partition coefficient (Wildman–Crippen LogP) is 2.53. The van der Waals surface area contributed by atoms with Gasteiger partial charge in [-0.1, -0.05) is 12.1 Å². The van der Waals surface area contributed by atoms with Gasteiger partial charge >= 0.3 is 0 Å². The lowest BCUT2D eigenvalue weighted by Crippen LogP contribution is -2.15. The quantitative estimate of drug-likeness (QED) is 0.911. The van der Waals surface area contributed by atoms with Crippen LogP contribution in [0.4, 0.5) is 14.5 Å². The lowest BCUT2D eigenvalue weighted by atomic mass is 10.1. The number of hydrogen-bond donors (Lipinski definition) is 2. The Morgan fingerprint density at radius 3 is 2.29 bits per heavy atom. The average Bonchev–Trinajstić information content (AvgIpc) is 2.37. The van der Waals surface area contributed by atoms with Crippen LogP contribution in [0.1, 0.15) is 11.1 Å². The van der Waals surface area contributed by atoms with Crippen LogP contribution in [0, 0.1) is 18.6 Å². The molecule has 0 aliphatic heterocycles. The SMILES string of the molecule is Cc1ccc(CN)cc1S(=O)(=O)Nc1cc(F)cc(F)c1. The molecule has 0 atom stereocenters. The minimum absolute atomic E-state index is 0.0233. The van der Waals surface area contributed by atoms with E-state index in [0.717, 1.165) is 12.1 Å². The van der Waals surface area contributed by atoms with Gasteiger partial charge in [-0.15, -0.1) is 0 Å². The number of aryl methyl sites for hydroxylation is 1. The van der Waals surface area contributed by atoms with Crippen molar-refractivity contribution in [2.75, 3.05) is 4.72 Å². The molecule has 0 aliphatic rings. The molecule has 0 saturated heterocycles. The van der Waals surface area contributed by atoms with Crippen LogP contribution in [0.3, 0.4) is 0 Å². The maximum Gasteiger partial charge on any atom is 0.262 e. The Hall–Kier alpha value is -1.99. The molecule has 7 heteroatoms. The van der Waals surface area contributed by atoms with Crippen molar-refractivity contribution in [3.05, 3.63) is 59.2 Å². The van der Waals surface area contributed by atoms with E-state index in [9.17, 15) is 17.2 Å². The largest absolute Gasteiger partial charge is 0.326 e. The molecule has 3 N–H and O–H groups in total. The summed E-state index contributed by atoms with van der Waals surface area (Å²) in [4.78, 5) is 0.0233. The molecular formula is C14H14F2N2O2S. The standard InChI is InChI=1S/C14H14F2N2O2S/c1-9-2-3-10(8-17)4-14(9)21(19,20)18-13-6-11(15)5-12(16)7-13/h2-7,18H,8,17H2,1H3. The summed E-state index contributed by atoms with van der Waals surface area (Å²) in [7, 11) is -3.95. The molecule has 0 unspecified atom stereocenters. The first-order chi connectivity index (χ1) is 9.81. The van der Waals surface area contributed by atoms with E-state index in [4.69, 9.17) is 5.73 Å². The third-order valence-corrected chi connectivity index (χ3v) is 4.42. The minimum Gasteiger partial charge on any atom is -0.326 e. The van der Waals surface area contributed by atoms with Crippen LogP contribution < -0.4 is 10.5 Å². The van der Waals surface area contributed by atoms with Gasteiger partial charge in [-0.2, -0.15) is 0 Å². The summed E-state index contributed by atoms with van der Waals surface area (Å²) in [5.41, 5.74) is 6.47. The summed E-state index contributed by atoms with van der Waals surface area (Å²) in [5.74, 6) is -1.72. The first-order valence-electron chi connectivity index (χ1n) is 6.10. The zero-order valence-electron chi connectivity index (χ0n) is 11.2. The van der Waals surface area contributed by atoms with Gasteiger partial charge in [0.15, 0.2) is 0 Å². The molecule has 0 amide bonds. The van der Waals surface area contributed by atoms with Crippen LogP contribution in [0.2, 0.25) is 0 Å². The molecule has 0 radical (unpaired) electrons. The van der Waals surface area contributed by atoms with Crippen LogP contribution >= 0.6 is 0 Å². The van der Waals surface area contributed by atoms with Gasteiger partial charge in [0, 0.05) is 12.6 Å². The summed E-state index contributed by atoms with van der Waals surface area (Å²) in [6.45, 7) is 1.82. The van der Waals surface area contributed by atoms with Crippen LogP contribution in [0.25, 0.3) is 0 Å². The Kier molecular flexibility index (Phi) is 4.24. The molecule has 112 valence electrons. The fourth-order valence-electron chi connectivity index (χ4n) is 1.88. The summed E-state index contributed by atoms with van der Waals surface area (Å²) >= 11 is 0. The van der Waals surface area contributed by atoms with Crippen LogP contribution in [-0.4, -0.2) is 8.42 Å². The molecule has 2 rings (SSSR count). The maximum atomic E-state index is 13.1. The van der Waals surface area contributed by atoms with Crippen LogP contribution in [0.5, 0.6) is 0 Å². The second kappa shape index (κ2) is 5.79. The van der Waals surface area contributed by atoms with E-state index in [1.54, 1.807) is 19.1 Å². The van der Waals surface area contributed by atoms with Crippen molar-refractivity contribution in [2.24, 2.45) is 5.73 Å². The summed E-state index contributed by atoms with van der Waals surface area (Å²) in [6, 6.07) is 7.26. The third kappa shape index (κ3) is 3.56. The number of nitrogens with one attached hydrogen (secondary N) is 1. The van der Waals surface area contributed by atoms with Gasteiger partial charge in [0.1, 0.15) is 11.6 Å². The van der Waals surface area contributed by atoms with Crippen molar-refractivity contribution in [1.29, 1.82) is 0 Å². The van der Waals surface area contributed by atoms with Gasteiger partial charge in [0.25, 0.3) is 10.0 Å². The Labute approximate surface area is 121 Å². The predicted molar refractivity (Wildman–Crippen MR) is 76.2 cm³/mol. The summed E-state index contributed by atoms with van der Waals surface area (Å²) in [6.07, 6.45) is 0. The fraction of sp³-hybridized carbons (Fsp3) is 0.143. The highest BCUT2D eigenvalue weighted by atomic mass is 32.2. The second-order valence-corrected chi connectivity index (χ2v) is 6.22. The highest BCUT2D eigenvalue weighted by Gasteiger charge is 2.18. The number of benzene rings is 2. The van der Waals surface area contributed by atoms with Gasteiger partial charge in [-0.25, -0.2) is 17.2 Å². The third-order valence-electron chi connectivity index (χ3n) is 2.89. The van der Waals surface area contributed by atoms with E-state index in [1.165, 1.54) is 6.07 Å². The van der Waals surface area contributed by atoms with E-state index in [-0.39, 0.29) is 17.1 Å². The smallest absolute Gasteiger partial charge is 0.262 e. The molecule has 0 aliphatic carbocycles.